The molecule has 1 aliphatic heterocycles. The number of piperazine rings is 1. The van der Waals surface area contributed by atoms with Gasteiger partial charge in [0.25, 0.3) is 0 Å². The molecule has 1 saturated heterocycles. The van der Waals surface area contributed by atoms with Crippen LogP contribution in [0, 0.1) is 5.82 Å². The summed E-state index contributed by atoms with van der Waals surface area (Å²) in [6.45, 7) is 6.62. The van der Waals surface area contributed by atoms with E-state index in [2.05, 4.69) is 11.8 Å². The number of carbonyl (C=O) groups is 1. The second-order valence-electron chi connectivity index (χ2n) is 4.99. The molecule has 1 aromatic carbocycles. The van der Waals surface area contributed by atoms with Gasteiger partial charge in [-0.1, -0.05) is 25.1 Å². The van der Waals surface area contributed by atoms with Gasteiger partial charge in [0.2, 0.25) is 5.91 Å². The highest BCUT2D eigenvalue weighted by molar-refractivity contribution is 5.78. The van der Waals surface area contributed by atoms with Crippen LogP contribution in [0.15, 0.2) is 24.3 Å². The highest BCUT2D eigenvalue weighted by atomic mass is 19.1. The molecule has 0 bridgehead atoms. The number of hydrogen-bond acceptors (Lipinski definition) is 2. The summed E-state index contributed by atoms with van der Waals surface area (Å²) in [6.07, 6.45) is 1.31. The molecule has 1 aromatic rings. The minimum atomic E-state index is -0.291. The summed E-state index contributed by atoms with van der Waals surface area (Å²) in [5.41, 5.74) is 0.489. The zero-order chi connectivity index (χ0) is 13.7. The first-order valence-electron chi connectivity index (χ1n) is 6.94. The summed E-state index contributed by atoms with van der Waals surface area (Å²) >= 11 is 0. The molecular weight excluding hydrogens is 243 g/mol. The molecule has 0 aliphatic carbocycles. The first kappa shape index (κ1) is 14.0. The molecule has 0 atom stereocenters. The molecule has 0 radical (unpaired) electrons. The maximum absolute atomic E-state index is 13.5. The van der Waals surface area contributed by atoms with E-state index in [1.54, 1.807) is 18.2 Å². The molecule has 0 aromatic heterocycles. The fourth-order valence-corrected chi connectivity index (χ4v) is 2.45. The van der Waals surface area contributed by atoms with E-state index in [0.29, 0.717) is 5.56 Å². The van der Waals surface area contributed by atoms with Crippen LogP contribution < -0.4 is 0 Å². The van der Waals surface area contributed by atoms with Gasteiger partial charge in [0, 0.05) is 26.2 Å². The fraction of sp³-hybridized carbons (Fsp3) is 0.533. The molecule has 0 unspecified atom stereocenters. The number of halogens is 1. The Morgan fingerprint density at radius 1 is 1.21 bits per heavy atom. The number of benzene rings is 1. The zero-order valence-corrected chi connectivity index (χ0v) is 11.4. The molecule has 2 rings (SSSR count). The van der Waals surface area contributed by atoms with Crippen LogP contribution in [0.3, 0.4) is 0 Å². The first-order chi connectivity index (χ1) is 9.20. The van der Waals surface area contributed by atoms with E-state index in [-0.39, 0.29) is 18.1 Å². The normalized spacial score (nSPS) is 16.6. The van der Waals surface area contributed by atoms with Gasteiger partial charge in [-0.15, -0.1) is 0 Å². The van der Waals surface area contributed by atoms with E-state index >= 15 is 0 Å². The van der Waals surface area contributed by atoms with Crippen molar-refractivity contribution in [3.8, 4) is 0 Å². The second-order valence-corrected chi connectivity index (χ2v) is 4.99. The third-order valence-corrected chi connectivity index (χ3v) is 3.56. The number of amides is 1. The van der Waals surface area contributed by atoms with Crippen molar-refractivity contribution in [1.29, 1.82) is 0 Å². The Bertz CT molecular complexity index is 428. The van der Waals surface area contributed by atoms with Crippen molar-refractivity contribution in [2.75, 3.05) is 32.7 Å². The Kier molecular flexibility index (Phi) is 4.91. The molecule has 3 nitrogen and oxygen atoms in total. The Hall–Kier alpha value is -1.42. The van der Waals surface area contributed by atoms with Gasteiger partial charge in [0.05, 0.1) is 6.42 Å². The summed E-state index contributed by atoms with van der Waals surface area (Å²) in [5.74, 6) is -0.262. The molecular formula is C15H21FN2O. The number of carbonyl (C=O) groups excluding carboxylic acids is 1. The molecule has 1 amide bonds. The van der Waals surface area contributed by atoms with Crippen LogP contribution in [0.1, 0.15) is 18.9 Å². The largest absolute Gasteiger partial charge is 0.340 e. The molecule has 104 valence electrons. The number of nitrogens with zero attached hydrogens (tertiary/aromatic N) is 2. The molecule has 19 heavy (non-hydrogen) atoms. The molecule has 0 saturated carbocycles. The van der Waals surface area contributed by atoms with Crippen molar-refractivity contribution in [1.82, 2.24) is 9.80 Å². The smallest absolute Gasteiger partial charge is 0.227 e. The van der Waals surface area contributed by atoms with E-state index in [4.69, 9.17) is 0 Å². The Labute approximate surface area is 114 Å². The lowest BCUT2D eigenvalue weighted by molar-refractivity contribution is -0.132. The Balaban J connectivity index is 1.87. The SMILES string of the molecule is CCCN1CCN(C(=O)Cc2ccccc2F)CC1. The van der Waals surface area contributed by atoms with Crippen molar-refractivity contribution in [3.05, 3.63) is 35.6 Å². The van der Waals surface area contributed by atoms with Crippen LogP contribution in [0.2, 0.25) is 0 Å². The van der Waals surface area contributed by atoms with E-state index in [0.717, 1.165) is 39.1 Å². The highest BCUT2D eigenvalue weighted by Crippen LogP contribution is 2.10. The van der Waals surface area contributed by atoms with Crippen LogP contribution in [0.25, 0.3) is 0 Å². The molecule has 1 heterocycles. The van der Waals surface area contributed by atoms with Crippen molar-refractivity contribution in [2.45, 2.75) is 19.8 Å². The van der Waals surface area contributed by atoms with Gasteiger partial charge >= 0.3 is 0 Å². The molecule has 4 heteroatoms. The summed E-state index contributed by atoms with van der Waals surface area (Å²) in [5, 5.41) is 0. The summed E-state index contributed by atoms with van der Waals surface area (Å²) in [4.78, 5) is 16.3. The molecule has 0 spiro atoms. The first-order valence-corrected chi connectivity index (χ1v) is 6.94. The fourth-order valence-electron chi connectivity index (χ4n) is 2.45. The predicted octanol–water partition coefficient (Wildman–Crippen LogP) is 1.92. The van der Waals surface area contributed by atoms with E-state index in [1.165, 1.54) is 6.07 Å². The van der Waals surface area contributed by atoms with E-state index in [1.807, 2.05) is 4.90 Å². The van der Waals surface area contributed by atoms with Crippen molar-refractivity contribution in [2.24, 2.45) is 0 Å². The van der Waals surface area contributed by atoms with Gasteiger partial charge in [-0.25, -0.2) is 4.39 Å². The third-order valence-electron chi connectivity index (χ3n) is 3.56. The topological polar surface area (TPSA) is 23.6 Å². The maximum Gasteiger partial charge on any atom is 0.227 e. The van der Waals surface area contributed by atoms with E-state index < -0.39 is 0 Å². The average molecular weight is 264 g/mol. The second kappa shape index (κ2) is 6.66. The lowest BCUT2D eigenvalue weighted by Crippen LogP contribution is -2.49. The monoisotopic (exact) mass is 264 g/mol. The Morgan fingerprint density at radius 2 is 1.89 bits per heavy atom. The van der Waals surface area contributed by atoms with Gasteiger partial charge in [-0.3, -0.25) is 9.69 Å². The quantitative estimate of drug-likeness (QED) is 0.829. The van der Waals surface area contributed by atoms with Gasteiger partial charge in [0.1, 0.15) is 5.82 Å². The lowest BCUT2D eigenvalue weighted by Gasteiger charge is -2.34. The van der Waals surface area contributed by atoms with Crippen molar-refractivity contribution in [3.63, 3.8) is 0 Å². The van der Waals surface area contributed by atoms with Gasteiger partial charge in [0.15, 0.2) is 0 Å². The summed E-state index contributed by atoms with van der Waals surface area (Å²) in [7, 11) is 0. The minimum Gasteiger partial charge on any atom is -0.340 e. The molecule has 0 N–H and O–H groups in total. The lowest BCUT2D eigenvalue weighted by atomic mass is 10.1. The van der Waals surface area contributed by atoms with Gasteiger partial charge in [-0.2, -0.15) is 0 Å². The van der Waals surface area contributed by atoms with Gasteiger partial charge < -0.3 is 4.90 Å². The molecule has 1 aliphatic rings. The van der Waals surface area contributed by atoms with Crippen molar-refractivity contribution >= 4 is 5.91 Å². The Morgan fingerprint density at radius 3 is 2.53 bits per heavy atom. The summed E-state index contributed by atoms with van der Waals surface area (Å²) < 4.78 is 13.5. The van der Waals surface area contributed by atoms with Crippen LogP contribution in [-0.4, -0.2) is 48.4 Å². The highest BCUT2D eigenvalue weighted by Gasteiger charge is 2.21. The predicted molar refractivity (Wildman–Crippen MR) is 73.4 cm³/mol. The third kappa shape index (κ3) is 3.77. The number of rotatable bonds is 4. The zero-order valence-electron chi connectivity index (χ0n) is 11.4. The van der Waals surface area contributed by atoms with E-state index in [9.17, 15) is 9.18 Å². The van der Waals surface area contributed by atoms with Crippen LogP contribution in [0.4, 0.5) is 4.39 Å². The van der Waals surface area contributed by atoms with Gasteiger partial charge in [-0.05, 0) is 24.6 Å². The van der Waals surface area contributed by atoms with Crippen LogP contribution in [0.5, 0.6) is 0 Å². The number of hydrogen-bond donors (Lipinski definition) is 0. The molecule has 1 fully saturated rings. The van der Waals surface area contributed by atoms with Crippen LogP contribution in [-0.2, 0) is 11.2 Å². The van der Waals surface area contributed by atoms with Crippen LogP contribution >= 0.6 is 0 Å². The maximum atomic E-state index is 13.5. The standard InChI is InChI=1S/C15H21FN2O/c1-2-7-17-8-10-18(11-9-17)15(19)12-13-5-3-4-6-14(13)16/h3-6H,2,7-12H2,1H3. The summed E-state index contributed by atoms with van der Waals surface area (Å²) in [6, 6.07) is 6.50. The van der Waals surface area contributed by atoms with Crippen molar-refractivity contribution < 1.29 is 9.18 Å². The minimum absolute atomic E-state index is 0.0289. The average Bonchev–Trinajstić information content (AvgIpc) is 2.42.